The Morgan fingerprint density at radius 3 is 2.45 bits per heavy atom. The van der Waals surface area contributed by atoms with Crippen molar-refractivity contribution in [2.75, 3.05) is 7.11 Å². The number of aromatic nitrogens is 2. The minimum absolute atomic E-state index is 0.114. The smallest absolute Gasteiger partial charge is 0.330 e. The highest BCUT2D eigenvalue weighted by Gasteiger charge is 2.61. The Morgan fingerprint density at radius 2 is 1.97 bits per heavy atom. The summed E-state index contributed by atoms with van der Waals surface area (Å²) in [5, 5.41) is 0. The minimum atomic E-state index is -4.41. The molecular formula is C15H23N2O10P2-. The molecular weight excluding hydrogens is 430 g/mol. The van der Waals surface area contributed by atoms with Crippen LogP contribution in [0.15, 0.2) is 21.9 Å². The maximum atomic E-state index is 12.4. The first kappa shape index (κ1) is 22.6. The lowest BCUT2D eigenvalue weighted by Crippen LogP contribution is -2.40. The number of nitrogens with one attached hydrogen (secondary N) is 1. The Hall–Kier alpha value is -1.10. The van der Waals surface area contributed by atoms with E-state index < -0.39 is 68.2 Å². The van der Waals surface area contributed by atoms with Crippen molar-refractivity contribution in [3.05, 3.63) is 33.1 Å². The SMILES string of the molecule is COC1[C@@H](OP(=O)([O-])C(C)C)[C@@H](C2CC2P(=O)(O)O)O[C@H]1n1ccc(=O)[nH]c1=O. The van der Waals surface area contributed by atoms with E-state index in [1.807, 2.05) is 0 Å². The van der Waals surface area contributed by atoms with Gasteiger partial charge in [-0.05, 0) is 6.42 Å². The number of methoxy groups -OCH3 is 1. The summed E-state index contributed by atoms with van der Waals surface area (Å²) < 4.78 is 41.6. The molecule has 2 aliphatic rings. The Labute approximate surface area is 165 Å². The van der Waals surface area contributed by atoms with Gasteiger partial charge in [0.1, 0.15) is 19.8 Å². The van der Waals surface area contributed by atoms with Crippen molar-refractivity contribution in [1.82, 2.24) is 9.55 Å². The standard InChI is InChI=1S/C15H24N2O10P2/c1-7(2)29(23,24)27-12-11(8-6-9(8)28(20,21)22)26-14(13(12)25-3)17-5-4-10(18)16-15(17)19/h4-5,7-9,11-14H,6H2,1-3H3,(H,23,24)(H,16,18,19)(H2,20,21,22)/p-1/t8?,9?,11-,12+,13?,14-/m1/s1. The molecule has 1 aliphatic heterocycles. The number of H-pyrrole nitrogens is 1. The minimum Gasteiger partial charge on any atom is -0.778 e. The molecule has 7 atom stereocenters. The summed E-state index contributed by atoms with van der Waals surface area (Å²) in [7, 11) is -7.50. The molecule has 2 fully saturated rings. The van der Waals surface area contributed by atoms with E-state index in [0.717, 1.165) is 10.6 Å². The Bertz CT molecular complexity index is 968. The maximum Gasteiger partial charge on any atom is 0.330 e. The summed E-state index contributed by atoms with van der Waals surface area (Å²) >= 11 is 0. The molecule has 1 saturated carbocycles. The molecule has 3 rings (SSSR count). The highest BCUT2D eigenvalue weighted by Crippen LogP contribution is 2.62. The Balaban J connectivity index is 1.99. The van der Waals surface area contributed by atoms with Gasteiger partial charge in [0.25, 0.3) is 5.56 Å². The van der Waals surface area contributed by atoms with Gasteiger partial charge in [-0.3, -0.25) is 18.9 Å². The van der Waals surface area contributed by atoms with Gasteiger partial charge in [0, 0.05) is 30.9 Å². The molecule has 3 N–H and O–H groups in total. The molecule has 164 valence electrons. The van der Waals surface area contributed by atoms with Crippen molar-refractivity contribution >= 4 is 15.2 Å². The van der Waals surface area contributed by atoms with E-state index in [2.05, 4.69) is 4.98 Å². The van der Waals surface area contributed by atoms with Gasteiger partial charge >= 0.3 is 13.3 Å². The Morgan fingerprint density at radius 1 is 1.31 bits per heavy atom. The van der Waals surface area contributed by atoms with E-state index >= 15 is 0 Å². The van der Waals surface area contributed by atoms with Crippen LogP contribution in [0.1, 0.15) is 26.5 Å². The highest BCUT2D eigenvalue weighted by molar-refractivity contribution is 7.53. The molecule has 14 heteroatoms. The second-order valence-electron chi connectivity index (χ2n) is 7.47. The molecule has 0 spiro atoms. The zero-order chi connectivity index (χ0) is 21.7. The molecule has 0 bridgehead atoms. The molecule has 0 radical (unpaired) electrons. The summed E-state index contributed by atoms with van der Waals surface area (Å²) in [4.78, 5) is 56.9. The number of hydrogen-bond donors (Lipinski definition) is 3. The van der Waals surface area contributed by atoms with Crippen LogP contribution in [0.2, 0.25) is 0 Å². The molecule has 0 amide bonds. The fourth-order valence-corrected chi connectivity index (χ4v) is 5.47. The lowest BCUT2D eigenvalue weighted by atomic mass is 10.1. The average molecular weight is 453 g/mol. The van der Waals surface area contributed by atoms with Gasteiger partial charge in [-0.1, -0.05) is 13.8 Å². The fourth-order valence-electron chi connectivity index (χ4n) is 3.46. The topological polar surface area (TPSA) is 180 Å². The molecule has 12 nitrogen and oxygen atoms in total. The lowest BCUT2D eigenvalue weighted by Gasteiger charge is -2.34. The first-order valence-corrected chi connectivity index (χ1v) is 12.2. The number of hydrogen-bond acceptors (Lipinski definition) is 8. The monoisotopic (exact) mass is 453 g/mol. The van der Waals surface area contributed by atoms with Crippen molar-refractivity contribution in [2.24, 2.45) is 5.92 Å². The molecule has 2 heterocycles. The van der Waals surface area contributed by atoms with E-state index in [-0.39, 0.29) is 6.42 Å². The second-order valence-corrected chi connectivity index (χ2v) is 11.6. The van der Waals surface area contributed by atoms with Crippen molar-refractivity contribution in [3.63, 3.8) is 0 Å². The van der Waals surface area contributed by atoms with Gasteiger partial charge in [0.05, 0.1) is 11.8 Å². The fraction of sp³-hybridized carbons (Fsp3) is 0.733. The summed E-state index contributed by atoms with van der Waals surface area (Å²) in [6.07, 6.45) is -3.22. The largest absolute Gasteiger partial charge is 0.778 e. The van der Waals surface area contributed by atoms with Crippen molar-refractivity contribution < 1.29 is 37.8 Å². The van der Waals surface area contributed by atoms with Gasteiger partial charge < -0.3 is 33.2 Å². The quantitative estimate of drug-likeness (QED) is 0.450. The third-order valence-corrected chi connectivity index (χ3v) is 8.44. The van der Waals surface area contributed by atoms with E-state index in [4.69, 9.17) is 14.0 Å². The van der Waals surface area contributed by atoms with Crippen LogP contribution in [0, 0.1) is 5.92 Å². The zero-order valence-corrected chi connectivity index (χ0v) is 17.7. The molecule has 29 heavy (non-hydrogen) atoms. The van der Waals surface area contributed by atoms with Crippen LogP contribution in [0.5, 0.6) is 0 Å². The number of aromatic amines is 1. The summed E-state index contributed by atoms with van der Waals surface area (Å²) in [5.74, 6) is -0.672. The summed E-state index contributed by atoms with van der Waals surface area (Å²) in [6, 6.07) is 1.09. The van der Waals surface area contributed by atoms with Gasteiger partial charge in [-0.25, -0.2) is 4.79 Å². The highest BCUT2D eigenvalue weighted by atomic mass is 31.2. The van der Waals surface area contributed by atoms with Crippen LogP contribution in [-0.4, -0.2) is 56.1 Å². The van der Waals surface area contributed by atoms with Crippen LogP contribution in [0.25, 0.3) is 0 Å². The molecule has 1 aliphatic carbocycles. The van der Waals surface area contributed by atoms with Gasteiger partial charge in [-0.15, -0.1) is 0 Å². The second kappa shape index (κ2) is 7.86. The summed E-state index contributed by atoms with van der Waals surface area (Å²) in [6.45, 7) is 2.86. The van der Waals surface area contributed by atoms with Gasteiger partial charge in [-0.2, -0.15) is 0 Å². The van der Waals surface area contributed by atoms with E-state index in [9.17, 15) is 33.4 Å². The first-order valence-electron chi connectivity index (χ1n) is 8.91. The predicted molar refractivity (Wildman–Crippen MR) is 97.6 cm³/mol. The van der Waals surface area contributed by atoms with E-state index in [1.165, 1.54) is 27.2 Å². The van der Waals surface area contributed by atoms with Crippen LogP contribution in [0.3, 0.4) is 0 Å². The van der Waals surface area contributed by atoms with Crippen molar-refractivity contribution in [3.8, 4) is 0 Å². The van der Waals surface area contributed by atoms with Crippen LogP contribution >= 0.6 is 15.2 Å². The number of ether oxygens (including phenoxy) is 2. The zero-order valence-electron chi connectivity index (χ0n) is 15.9. The third-order valence-electron chi connectivity index (χ3n) is 5.18. The molecule has 0 aromatic carbocycles. The van der Waals surface area contributed by atoms with Gasteiger partial charge in [0.15, 0.2) is 6.23 Å². The lowest BCUT2D eigenvalue weighted by molar-refractivity contribution is -0.209. The summed E-state index contributed by atoms with van der Waals surface area (Å²) in [5.41, 5.74) is -3.28. The molecule has 1 aromatic heterocycles. The maximum absolute atomic E-state index is 12.4. The van der Waals surface area contributed by atoms with Crippen LogP contribution in [0.4, 0.5) is 0 Å². The molecule has 4 unspecified atom stereocenters. The molecule has 1 aromatic rings. The van der Waals surface area contributed by atoms with Crippen molar-refractivity contribution in [2.45, 2.75) is 56.1 Å². The van der Waals surface area contributed by atoms with Crippen LogP contribution < -0.4 is 16.1 Å². The Kier molecular flexibility index (Phi) is 6.12. The normalized spacial score (nSPS) is 34.3. The average Bonchev–Trinajstić information content (AvgIpc) is 3.32. The first-order chi connectivity index (χ1) is 13.4. The predicted octanol–water partition coefficient (Wildman–Crippen LogP) is -0.638. The van der Waals surface area contributed by atoms with Gasteiger partial charge in [0.2, 0.25) is 0 Å². The van der Waals surface area contributed by atoms with E-state index in [1.54, 1.807) is 0 Å². The molecule has 1 saturated heterocycles. The van der Waals surface area contributed by atoms with Crippen LogP contribution in [-0.2, 0) is 23.1 Å². The number of nitrogens with zero attached hydrogens (tertiary/aromatic N) is 1. The van der Waals surface area contributed by atoms with Crippen molar-refractivity contribution in [1.29, 1.82) is 0 Å². The third kappa shape index (κ3) is 4.50. The number of rotatable bonds is 7. The van der Waals surface area contributed by atoms with E-state index in [0.29, 0.717) is 0 Å².